The first-order valence-corrected chi connectivity index (χ1v) is 7.51. The number of aryl methyl sites for hydroxylation is 1. The van der Waals surface area contributed by atoms with Gasteiger partial charge in [0, 0.05) is 26.4 Å². The van der Waals surface area contributed by atoms with Crippen molar-refractivity contribution < 1.29 is 14.3 Å². The fraction of sp³-hybridized carbons (Fsp3) is 0.500. The van der Waals surface area contributed by atoms with Gasteiger partial charge in [-0.15, -0.1) is 0 Å². The molecule has 0 saturated heterocycles. The fourth-order valence-corrected chi connectivity index (χ4v) is 2.37. The van der Waals surface area contributed by atoms with Crippen molar-refractivity contribution in [2.45, 2.75) is 32.2 Å². The molecule has 0 aliphatic carbocycles. The molecule has 0 bridgehead atoms. The van der Waals surface area contributed by atoms with Crippen LogP contribution in [0, 0.1) is 0 Å². The summed E-state index contributed by atoms with van der Waals surface area (Å²) < 4.78 is 6.92. The van der Waals surface area contributed by atoms with Crippen molar-refractivity contribution in [3.05, 3.63) is 38.7 Å². The van der Waals surface area contributed by atoms with Crippen molar-refractivity contribution in [2.75, 3.05) is 7.11 Å². The van der Waals surface area contributed by atoms with Crippen molar-refractivity contribution in [3.8, 4) is 0 Å². The molecule has 0 unspecified atom stereocenters. The number of esters is 1. The Morgan fingerprint density at radius 1 is 1.33 bits per heavy atom. The smallest absolute Gasteiger partial charge is 0.331 e. The molecule has 0 radical (unpaired) electrons. The van der Waals surface area contributed by atoms with E-state index in [4.69, 9.17) is 4.74 Å². The van der Waals surface area contributed by atoms with Crippen LogP contribution in [0.4, 0.5) is 0 Å². The number of carbonyl (C=O) groups is 2. The molecule has 0 spiro atoms. The summed E-state index contributed by atoms with van der Waals surface area (Å²) >= 11 is 0. The van der Waals surface area contributed by atoms with E-state index in [2.05, 4.69) is 5.32 Å². The van der Waals surface area contributed by atoms with Crippen molar-refractivity contribution in [3.63, 3.8) is 0 Å². The molecule has 1 aromatic rings. The zero-order valence-corrected chi connectivity index (χ0v) is 14.6. The highest BCUT2D eigenvalue weighted by Crippen LogP contribution is 2.14. The Kier molecular flexibility index (Phi) is 6.27. The fourth-order valence-electron chi connectivity index (χ4n) is 2.37. The topological polar surface area (TPSA) is 99.4 Å². The SMILES string of the molecule is CCC[C@@](C)(NC(=O)/C=C/c1cn(C)c(=O)n(C)c1=O)C(=O)OC. The lowest BCUT2D eigenvalue weighted by Gasteiger charge is -2.26. The molecule has 8 heteroatoms. The van der Waals surface area contributed by atoms with Gasteiger partial charge in [0.1, 0.15) is 5.54 Å². The summed E-state index contributed by atoms with van der Waals surface area (Å²) in [5, 5.41) is 2.60. The minimum atomic E-state index is -1.14. The first-order chi connectivity index (χ1) is 11.2. The lowest BCUT2D eigenvalue weighted by atomic mass is 9.96. The molecule has 0 aliphatic heterocycles. The average molecular weight is 337 g/mol. The summed E-state index contributed by atoms with van der Waals surface area (Å²) in [6, 6.07) is 0. The van der Waals surface area contributed by atoms with E-state index >= 15 is 0 Å². The number of methoxy groups -OCH3 is 1. The standard InChI is InChI=1S/C16H23N3O5/c1-6-9-16(2,14(22)24-5)17-12(20)8-7-11-10-18(3)15(23)19(4)13(11)21/h7-8,10H,6,9H2,1-5H3,(H,17,20)/b8-7+/t16-/m1/s1. The van der Waals surface area contributed by atoms with Crippen LogP contribution in [0.3, 0.4) is 0 Å². The molecule has 0 aliphatic rings. The molecule has 1 rings (SSSR count). The second-order valence-electron chi connectivity index (χ2n) is 5.74. The van der Waals surface area contributed by atoms with Crippen LogP contribution in [-0.4, -0.2) is 33.7 Å². The number of aromatic nitrogens is 2. The third-order valence-corrected chi connectivity index (χ3v) is 3.67. The van der Waals surface area contributed by atoms with Gasteiger partial charge in [-0.25, -0.2) is 9.59 Å². The summed E-state index contributed by atoms with van der Waals surface area (Å²) in [7, 11) is 4.12. The van der Waals surface area contributed by atoms with Crippen LogP contribution in [-0.2, 0) is 28.4 Å². The summed E-state index contributed by atoms with van der Waals surface area (Å²) in [6.07, 6.45) is 4.90. The van der Waals surface area contributed by atoms with E-state index in [1.54, 1.807) is 6.92 Å². The van der Waals surface area contributed by atoms with E-state index < -0.39 is 28.7 Å². The predicted octanol–water partition coefficient (Wildman–Crippen LogP) is -0.0548. The predicted molar refractivity (Wildman–Crippen MR) is 89.4 cm³/mol. The molecule has 1 N–H and O–H groups in total. The highest BCUT2D eigenvalue weighted by Gasteiger charge is 2.34. The summed E-state index contributed by atoms with van der Waals surface area (Å²) in [5.74, 6) is -1.07. The molecule has 1 aromatic heterocycles. The maximum atomic E-state index is 12.1. The van der Waals surface area contributed by atoms with Gasteiger partial charge in [0.15, 0.2) is 0 Å². The molecule has 0 aromatic carbocycles. The Morgan fingerprint density at radius 3 is 2.50 bits per heavy atom. The van der Waals surface area contributed by atoms with Crippen LogP contribution in [0.25, 0.3) is 6.08 Å². The maximum absolute atomic E-state index is 12.1. The van der Waals surface area contributed by atoms with E-state index in [1.807, 2.05) is 6.92 Å². The molecule has 8 nitrogen and oxygen atoms in total. The molecule has 24 heavy (non-hydrogen) atoms. The number of nitrogens with zero attached hydrogens (tertiary/aromatic N) is 2. The van der Waals surface area contributed by atoms with Gasteiger partial charge in [-0.1, -0.05) is 13.3 Å². The Balaban J connectivity index is 3.03. The van der Waals surface area contributed by atoms with E-state index in [0.29, 0.717) is 12.8 Å². The van der Waals surface area contributed by atoms with Crippen molar-refractivity contribution in [1.82, 2.24) is 14.5 Å². The quantitative estimate of drug-likeness (QED) is 0.579. The van der Waals surface area contributed by atoms with Crippen LogP contribution < -0.4 is 16.6 Å². The lowest BCUT2D eigenvalue weighted by molar-refractivity contribution is -0.150. The van der Waals surface area contributed by atoms with Gasteiger partial charge in [0.25, 0.3) is 5.56 Å². The molecule has 1 atom stereocenters. The molecule has 132 valence electrons. The number of rotatable bonds is 6. The maximum Gasteiger partial charge on any atom is 0.331 e. The normalized spacial score (nSPS) is 13.5. The van der Waals surface area contributed by atoms with Gasteiger partial charge in [-0.3, -0.25) is 14.2 Å². The molecular formula is C16H23N3O5. The van der Waals surface area contributed by atoms with Gasteiger partial charge in [-0.05, 0) is 19.4 Å². The van der Waals surface area contributed by atoms with Crippen molar-refractivity contribution in [1.29, 1.82) is 0 Å². The van der Waals surface area contributed by atoms with E-state index in [1.165, 1.54) is 38.0 Å². The van der Waals surface area contributed by atoms with Crippen LogP contribution in [0.5, 0.6) is 0 Å². The molecule has 1 amide bonds. The highest BCUT2D eigenvalue weighted by atomic mass is 16.5. The van der Waals surface area contributed by atoms with Gasteiger partial charge in [0.05, 0.1) is 12.7 Å². The zero-order chi connectivity index (χ0) is 18.5. The number of amides is 1. The Hall–Kier alpha value is -2.64. The zero-order valence-electron chi connectivity index (χ0n) is 14.6. The van der Waals surface area contributed by atoms with Gasteiger partial charge in [0.2, 0.25) is 5.91 Å². The molecular weight excluding hydrogens is 314 g/mol. The first-order valence-electron chi connectivity index (χ1n) is 7.51. The third kappa shape index (κ3) is 4.21. The second kappa shape index (κ2) is 7.76. The number of ether oxygens (including phenoxy) is 1. The van der Waals surface area contributed by atoms with Crippen LogP contribution in [0.1, 0.15) is 32.3 Å². The van der Waals surface area contributed by atoms with E-state index in [9.17, 15) is 19.2 Å². The van der Waals surface area contributed by atoms with Crippen LogP contribution in [0.2, 0.25) is 0 Å². The molecule has 0 saturated carbocycles. The Labute approximate surface area is 139 Å². The summed E-state index contributed by atoms with van der Waals surface area (Å²) in [5.41, 5.74) is -1.92. The average Bonchev–Trinajstić information content (AvgIpc) is 2.54. The van der Waals surface area contributed by atoms with Crippen LogP contribution >= 0.6 is 0 Å². The monoisotopic (exact) mass is 337 g/mol. The number of nitrogens with one attached hydrogen (secondary N) is 1. The van der Waals surface area contributed by atoms with Crippen molar-refractivity contribution >= 4 is 18.0 Å². The first kappa shape index (κ1) is 19.4. The Morgan fingerprint density at radius 2 is 1.96 bits per heavy atom. The van der Waals surface area contributed by atoms with Gasteiger partial charge >= 0.3 is 11.7 Å². The molecule has 0 fully saturated rings. The Bertz CT molecular complexity index is 775. The van der Waals surface area contributed by atoms with Crippen molar-refractivity contribution in [2.24, 2.45) is 14.1 Å². The minimum Gasteiger partial charge on any atom is -0.467 e. The summed E-state index contributed by atoms with van der Waals surface area (Å²) in [6.45, 7) is 3.47. The largest absolute Gasteiger partial charge is 0.467 e. The lowest BCUT2D eigenvalue weighted by Crippen LogP contribution is -2.52. The number of hydrogen-bond donors (Lipinski definition) is 1. The number of hydrogen-bond acceptors (Lipinski definition) is 5. The third-order valence-electron chi connectivity index (χ3n) is 3.67. The minimum absolute atomic E-state index is 0.185. The van der Waals surface area contributed by atoms with E-state index in [-0.39, 0.29) is 5.56 Å². The summed E-state index contributed by atoms with van der Waals surface area (Å²) in [4.78, 5) is 47.6. The van der Waals surface area contributed by atoms with Crippen LogP contribution in [0.15, 0.2) is 21.9 Å². The molecule has 1 heterocycles. The van der Waals surface area contributed by atoms with E-state index in [0.717, 1.165) is 10.6 Å². The van der Waals surface area contributed by atoms with Gasteiger partial charge < -0.3 is 14.6 Å². The highest BCUT2D eigenvalue weighted by molar-refractivity contribution is 5.95. The second-order valence-corrected chi connectivity index (χ2v) is 5.74. The van der Waals surface area contributed by atoms with Gasteiger partial charge in [-0.2, -0.15) is 0 Å². The number of carbonyl (C=O) groups excluding carboxylic acids is 2.